The molecule has 104 valence electrons. The van der Waals surface area contributed by atoms with Crippen LogP contribution in [0.15, 0.2) is 0 Å². The Morgan fingerprint density at radius 2 is 2.00 bits per heavy atom. The Morgan fingerprint density at radius 3 is 2.44 bits per heavy atom. The highest BCUT2D eigenvalue weighted by Crippen LogP contribution is 2.27. The molecule has 0 atom stereocenters. The standard InChI is InChI=1S/C13H24N2O3/c1-4-18-12(17)9-15(10-5-6-10)11(16)7-8-13(2,3)14/h10H,4-9,14H2,1-3H3. The number of esters is 1. The molecule has 1 amide bonds. The van der Waals surface area contributed by atoms with E-state index in [1.807, 2.05) is 13.8 Å². The van der Waals surface area contributed by atoms with Crippen molar-refractivity contribution in [2.45, 2.75) is 58.0 Å². The lowest BCUT2D eigenvalue weighted by Crippen LogP contribution is -2.40. The third-order valence-electron chi connectivity index (χ3n) is 2.90. The van der Waals surface area contributed by atoms with Gasteiger partial charge in [0.05, 0.1) is 6.61 Å². The van der Waals surface area contributed by atoms with Crippen LogP contribution in [0.3, 0.4) is 0 Å². The summed E-state index contributed by atoms with van der Waals surface area (Å²) in [4.78, 5) is 25.2. The van der Waals surface area contributed by atoms with Gasteiger partial charge in [-0.25, -0.2) is 0 Å². The molecule has 0 aromatic heterocycles. The zero-order valence-corrected chi connectivity index (χ0v) is 11.6. The highest BCUT2D eigenvalue weighted by molar-refractivity contribution is 5.82. The summed E-state index contributed by atoms with van der Waals surface area (Å²) < 4.78 is 4.89. The topological polar surface area (TPSA) is 72.6 Å². The van der Waals surface area contributed by atoms with Crippen LogP contribution in [0, 0.1) is 0 Å². The number of carbonyl (C=O) groups is 2. The van der Waals surface area contributed by atoms with Gasteiger partial charge in [-0.05, 0) is 40.0 Å². The average molecular weight is 256 g/mol. The van der Waals surface area contributed by atoms with E-state index in [0.717, 1.165) is 12.8 Å². The molecule has 0 aromatic rings. The molecular weight excluding hydrogens is 232 g/mol. The maximum Gasteiger partial charge on any atom is 0.325 e. The molecule has 18 heavy (non-hydrogen) atoms. The van der Waals surface area contributed by atoms with E-state index in [0.29, 0.717) is 19.4 Å². The fourth-order valence-electron chi connectivity index (χ4n) is 1.73. The third kappa shape index (κ3) is 5.49. The van der Waals surface area contributed by atoms with Crippen molar-refractivity contribution in [1.29, 1.82) is 0 Å². The molecule has 0 heterocycles. The molecule has 5 nitrogen and oxygen atoms in total. The van der Waals surface area contributed by atoms with Crippen LogP contribution < -0.4 is 5.73 Å². The molecule has 1 saturated carbocycles. The normalized spacial score (nSPS) is 15.3. The summed E-state index contributed by atoms with van der Waals surface area (Å²) in [5, 5.41) is 0. The van der Waals surface area contributed by atoms with E-state index in [-0.39, 0.29) is 30.0 Å². The molecule has 1 rings (SSSR count). The van der Waals surface area contributed by atoms with E-state index in [2.05, 4.69) is 0 Å². The number of carbonyl (C=O) groups excluding carboxylic acids is 2. The fraction of sp³-hybridized carbons (Fsp3) is 0.846. The zero-order chi connectivity index (χ0) is 13.8. The van der Waals surface area contributed by atoms with Gasteiger partial charge in [0.15, 0.2) is 0 Å². The number of rotatable bonds is 7. The van der Waals surface area contributed by atoms with Crippen molar-refractivity contribution in [2.24, 2.45) is 5.73 Å². The van der Waals surface area contributed by atoms with Crippen molar-refractivity contribution >= 4 is 11.9 Å². The van der Waals surface area contributed by atoms with Crippen LogP contribution >= 0.6 is 0 Å². The lowest BCUT2D eigenvalue weighted by atomic mass is 10.00. The monoisotopic (exact) mass is 256 g/mol. The van der Waals surface area contributed by atoms with Gasteiger partial charge in [-0.2, -0.15) is 0 Å². The minimum atomic E-state index is -0.352. The van der Waals surface area contributed by atoms with E-state index in [1.165, 1.54) is 0 Å². The summed E-state index contributed by atoms with van der Waals surface area (Å²) in [7, 11) is 0. The SMILES string of the molecule is CCOC(=O)CN(C(=O)CCC(C)(C)N)C1CC1. The van der Waals surface area contributed by atoms with E-state index in [1.54, 1.807) is 11.8 Å². The first-order valence-corrected chi connectivity index (χ1v) is 6.57. The molecule has 0 bridgehead atoms. The van der Waals surface area contributed by atoms with Crippen LogP contribution in [0.4, 0.5) is 0 Å². The van der Waals surface area contributed by atoms with Crippen molar-refractivity contribution in [3.8, 4) is 0 Å². The Hall–Kier alpha value is -1.10. The molecule has 0 aromatic carbocycles. The summed E-state index contributed by atoms with van der Waals surface area (Å²) in [6, 6.07) is 0.225. The van der Waals surface area contributed by atoms with E-state index < -0.39 is 0 Å². The minimum Gasteiger partial charge on any atom is -0.465 e. The van der Waals surface area contributed by atoms with Gasteiger partial charge in [-0.15, -0.1) is 0 Å². The summed E-state index contributed by atoms with van der Waals surface area (Å²) in [6.45, 7) is 5.97. The van der Waals surface area contributed by atoms with Crippen LogP contribution in [0.25, 0.3) is 0 Å². The Morgan fingerprint density at radius 1 is 1.39 bits per heavy atom. The van der Waals surface area contributed by atoms with Gasteiger partial charge in [0.1, 0.15) is 6.54 Å². The quantitative estimate of drug-likeness (QED) is 0.691. The predicted molar refractivity (Wildman–Crippen MR) is 68.9 cm³/mol. The van der Waals surface area contributed by atoms with Crippen LogP contribution in [0.2, 0.25) is 0 Å². The van der Waals surface area contributed by atoms with Crippen LogP contribution in [-0.4, -0.2) is 41.5 Å². The fourth-order valence-corrected chi connectivity index (χ4v) is 1.73. The first kappa shape index (κ1) is 15.0. The first-order chi connectivity index (χ1) is 8.33. The smallest absolute Gasteiger partial charge is 0.325 e. The number of hydrogen-bond acceptors (Lipinski definition) is 4. The summed E-state index contributed by atoms with van der Waals surface area (Å²) in [5.41, 5.74) is 5.51. The lowest BCUT2D eigenvalue weighted by Gasteiger charge is -2.24. The molecule has 0 spiro atoms. The predicted octanol–water partition coefficient (Wildman–Crippen LogP) is 1.06. The Labute approximate surface area is 109 Å². The first-order valence-electron chi connectivity index (χ1n) is 6.57. The van der Waals surface area contributed by atoms with E-state index in [4.69, 9.17) is 10.5 Å². The molecule has 1 fully saturated rings. The lowest BCUT2D eigenvalue weighted by molar-refractivity contribution is -0.149. The Kier molecular flexibility index (Phi) is 5.14. The van der Waals surface area contributed by atoms with Gasteiger partial charge in [-0.1, -0.05) is 0 Å². The number of hydrogen-bond donors (Lipinski definition) is 1. The molecule has 1 aliphatic carbocycles. The summed E-state index contributed by atoms with van der Waals surface area (Å²) >= 11 is 0. The Balaban J connectivity index is 2.46. The molecule has 0 aliphatic heterocycles. The average Bonchev–Trinajstić information content (AvgIpc) is 3.06. The van der Waals surface area contributed by atoms with Gasteiger partial charge in [-0.3, -0.25) is 9.59 Å². The molecule has 0 unspecified atom stereocenters. The third-order valence-corrected chi connectivity index (χ3v) is 2.90. The van der Waals surface area contributed by atoms with E-state index in [9.17, 15) is 9.59 Å². The van der Waals surface area contributed by atoms with Gasteiger partial charge in [0.2, 0.25) is 5.91 Å². The summed E-state index contributed by atoms with van der Waals surface area (Å²) in [5.74, 6) is -0.325. The second-order valence-corrected chi connectivity index (χ2v) is 5.55. The van der Waals surface area contributed by atoms with Gasteiger partial charge in [0, 0.05) is 18.0 Å². The van der Waals surface area contributed by atoms with Crippen molar-refractivity contribution < 1.29 is 14.3 Å². The van der Waals surface area contributed by atoms with Crippen LogP contribution in [0.5, 0.6) is 0 Å². The number of nitrogens with zero attached hydrogens (tertiary/aromatic N) is 1. The highest BCUT2D eigenvalue weighted by Gasteiger charge is 2.34. The largest absolute Gasteiger partial charge is 0.465 e. The van der Waals surface area contributed by atoms with E-state index >= 15 is 0 Å². The maximum atomic E-state index is 12.1. The van der Waals surface area contributed by atoms with Crippen LogP contribution in [-0.2, 0) is 14.3 Å². The Bertz CT molecular complexity index is 306. The second kappa shape index (κ2) is 6.18. The van der Waals surface area contributed by atoms with Crippen molar-refractivity contribution in [3.05, 3.63) is 0 Å². The number of nitrogens with two attached hydrogens (primary N) is 1. The highest BCUT2D eigenvalue weighted by atomic mass is 16.5. The van der Waals surface area contributed by atoms with Crippen molar-refractivity contribution in [2.75, 3.05) is 13.2 Å². The maximum absolute atomic E-state index is 12.1. The molecule has 0 saturated heterocycles. The number of amides is 1. The molecule has 2 N–H and O–H groups in total. The molecule has 5 heteroatoms. The minimum absolute atomic E-state index is 0.00378. The number of ether oxygens (including phenoxy) is 1. The van der Waals surface area contributed by atoms with Gasteiger partial charge >= 0.3 is 5.97 Å². The molecular formula is C13H24N2O3. The van der Waals surface area contributed by atoms with Crippen LogP contribution in [0.1, 0.15) is 46.5 Å². The molecule has 0 radical (unpaired) electrons. The van der Waals surface area contributed by atoms with Crippen molar-refractivity contribution in [1.82, 2.24) is 4.90 Å². The summed E-state index contributed by atoms with van der Waals surface area (Å²) in [6.07, 6.45) is 2.98. The zero-order valence-electron chi connectivity index (χ0n) is 11.6. The molecule has 1 aliphatic rings. The van der Waals surface area contributed by atoms with Gasteiger partial charge < -0.3 is 15.4 Å². The van der Waals surface area contributed by atoms with Crippen molar-refractivity contribution in [3.63, 3.8) is 0 Å². The second-order valence-electron chi connectivity index (χ2n) is 5.55. The van der Waals surface area contributed by atoms with Gasteiger partial charge in [0.25, 0.3) is 0 Å².